The maximum Gasteiger partial charge on any atom is 0.257 e. The summed E-state index contributed by atoms with van der Waals surface area (Å²) in [5.74, 6) is 0.644. The molecule has 110 valence electrons. The number of methoxy groups -OCH3 is 1. The summed E-state index contributed by atoms with van der Waals surface area (Å²) in [7, 11) is 1.60. The second-order valence-electron chi connectivity index (χ2n) is 5.03. The minimum absolute atomic E-state index is 0.0107. The first-order valence-corrected chi connectivity index (χ1v) is 7.94. The largest absolute Gasteiger partial charge is 0.496 e. The maximum absolute atomic E-state index is 12.7. The number of benzene rings is 1. The Morgan fingerprint density at radius 3 is 2.55 bits per heavy atom. The minimum atomic E-state index is 0.0107. The Bertz CT molecular complexity index is 482. The second kappa shape index (κ2) is 6.50. The lowest BCUT2D eigenvalue weighted by Gasteiger charge is -2.35. The van der Waals surface area contributed by atoms with E-state index < -0.39 is 0 Å². The normalized spacial score (nSPS) is 22.7. The van der Waals surface area contributed by atoms with Crippen LogP contribution < -0.4 is 4.74 Å². The summed E-state index contributed by atoms with van der Waals surface area (Å²) >= 11 is 1.63. The lowest BCUT2D eigenvalue weighted by Crippen LogP contribution is -2.48. The highest BCUT2D eigenvalue weighted by molar-refractivity contribution is 7.98. The van der Waals surface area contributed by atoms with E-state index in [1.807, 2.05) is 43.2 Å². The van der Waals surface area contributed by atoms with Gasteiger partial charge in [-0.1, -0.05) is 0 Å². The van der Waals surface area contributed by atoms with E-state index in [4.69, 9.17) is 9.47 Å². The zero-order chi connectivity index (χ0) is 14.7. The number of carbonyl (C=O) groups excluding carboxylic acids is 1. The van der Waals surface area contributed by atoms with E-state index in [2.05, 4.69) is 0 Å². The Balaban J connectivity index is 2.24. The molecule has 2 rings (SSSR count). The number of nitrogens with zero attached hydrogens (tertiary/aromatic N) is 1. The number of amides is 1. The average molecular weight is 295 g/mol. The van der Waals surface area contributed by atoms with Crippen LogP contribution >= 0.6 is 11.8 Å². The molecular formula is C15H21NO3S. The number of thioether (sulfide) groups is 1. The van der Waals surface area contributed by atoms with Crippen LogP contribution in [0.15, 0.2) is 23.1 Å². The molecule has 4 nitrogen and oxygen atoms in total. The first kappa shape index (κ1) is 15.2. The van der Waals surface area contributed by atoms with Crippen LogP contribution in [-0.2, 0) is 4.74 Å². The van der Waals surface area contributed by atoms with Crippen LogP contribution in [0, 0.1) is 0 Å². The zero-order valence-corrected chi connectivity index (χ0v) is 13.2. The van der Waals surface area contributed by atoms with Crippen molar-refractivity contribution in [2.24, 2.45) is 0 Å². The van der Waals surface area contributed by atoms with Crippen molar-refractivity contribution in [2.45, 2.75) is 31.0 Å². The summed E-state index contributed by atoms with van der Waals surface area (Å²) in [6, 6.07) is 5.71. The molecule has 1 saturated heterocycles. The number of carbonyl (C=O) groups is 1. The van der Waals surface area contributed by atoms with Crippen LogP contribution in [-0.4, -0.2) is 49.5 Å². The molecule has 0 aromatic heterocycles. The van der Waals surface area contributed by atoms with E-state index in [1.165, 1.54) is 0 Å². The Morgan fingerprint density at radius 2 is 2.00 bits per heavy atom. The van der Waals surface area contributed by atoms with Crippen molar-refractivity contribution in [3.63, 3.8) is 0 Å². The van der Waals surface area contributed by atoms with Gasteiger partial charge in [0, 0.05) is 18.0 Å². The molecule has 2 atom stereocenters. The van der Waals surface area contributed by atoms with Crippen molar-refractivity contribution in [1.82, 2.24) is 4.90 Å². The van der Waals surface area contributed by atoms with Crippen LogP contribution in [0.2, 0.25) is 0 Å². The predicted octanol–water partition coefficient (Wildman–Crippen LogP) is 2.67. The summed E-state index contributed by atoms with van der Waals surface area (Å²) in [5.41, 5.74) is 0.617. The van der Waals surface area contributed by atoms with Crippen LogP contribution in [0.5, 0.6) is 5.75 Å². The molecule has 0 saturated carbocycles. The molecule has 1 heterocycles. The van der Waals surface area contributed by atoms with Crippen molar-refractivity contribution in [1.29, 1.82) is 0 Å². The molecule has 1 aromatic carbocycles. The number of hydrogen-bond acceptors (Lipinski definition) is 4. The fraction of sp³-hybridized carbons (Fsp3) is 0.533. The summed E-state index contributed by atoms with van der Waals surface area (Å²) in [5, 5.41) is 0. The number of morpholine rings is 1. The van der Waals surface area contributed by atoms with Gasteiger partial charge in [0.1, 0.15) is 5.75 Å². The topological polar surface area (TPSA) is 38.8 Å². The van der Waals surface area contributed by atoms with Crippen LogP contribution in [0.1, 0.15) is 24.2 Å². The Morgan fingerprint density at radius 1 is 1.35 bits per heavy atom. The number of ether oxygens (including phenoxy) is 2. The Labute approximate surface area is 124 Å². The lowest BCUT2D eigenvalue weighted by atomic mass is 10.1. The standard InChI is InChI=1S/C15H21NO3S/c1-10-8-16(9-11(2)19-10)15(17)13-6-5-12(20-4)7-14(13)18-3/h5-7,10-11H,8-9H2,1-4H3/t10-,11-/m0/s1. The van der Waals surface area contributed by atoms with E-state index in [9.17, 15) is 4.79 Å². The Kier molecular flexibility index (Phi) is 4.94. The van der Waals surface area contributed by atoms with Crippen LogP contribution in [0.25, 0.3) is 0 Å². The summed E-state index contributed by atoms with van der Waals surface area (Å²) < 4.78 is 11.0. The fourth-order valence-corrected chi connectivity index (χ4v) is 2.92. The molecule has 1 aliphatic heterocycles. The lowest BCUT2D eigenvalue weighted by molar-refractivity contribution is -0.0586. The van der Waals surface area contributed by atoms with Crippen LogP contribution in [0.3, 0.4) is 0 Å². The molecule has 1 amide bonds. The third-order valence-electron chi connectivity index (χ3n) is 3.35. The predicted molar refractivity (Wildman–Crippen MR) is 80.7 cm³/mol. The molecule has 0 bridgehead atoms. The van der Waals surface area contributed by atoms with E-state index in [-0.39, 0.29) is 18.1 Å². The molecule has 20 heavy (non-hydrogen) atoms. The van der Waals surface area contributed by atoms with Gasteiger partial charge >= 0.3 is 0 Å². The molecule has 0 N–H and O–H groups in total. The second-order valence-corrected chi connectivity index (χ2v) is 5.91. The molecule has 1 fully saturated rings. The molecule has 0 unspecified atom stereocenters. The number of hydrogen-bond donors (Lipinski definition) is 0. The van der Waals surface area contributed by atoms with E-state index in [1.54, 1.807) is 18.9 Å². The van der Waals surface area contributed by atoms with Crippen molar-refractivity contribution < 1.29 is 14.3 Å². The van der Waals surface area contributed by atoms with Gasteiger partial charge in [0.15, 0.2) is 0 Å². The number of rotatable bonds is 3. The van der Waals surface area contributed by atoms with Gasteiger partial charge in [0.05, 0.1) is 24.9 Å². The first-order valence-electron chi connectivity index (χ1n) is 6.72. The maximum atomic E-state index is 12.7. The third-order valence-corrected chi connectivity index (χ3v) is 4.07. The molecule has 1 aliphatic rings. The molecule has 1 aromatic rings. The Hall–Kier alpha value is -1.20. The molecule has 0 radical (unpaired) electrons. The van der Waals surface area contributed by atoms with E-state index >= 15 is 0 Å². The molecular weight excluding hydrogens is 274 g/mol. The van der Waals surface area contributed by atoms with Gasteiger partial charge in [-0.2, -0.15) is 0 Å². The highest BCUT2D eigenvalue weighted by Gasteiger charge is 2.28. The van der Waals surface area contributed by atoms with Gasteiger partial charge in [-0.15, -0.1) is 11.8 Å². The zero-order valence-electron chi connectivity index (χ0n) is 12.4. The van der Waals surface area contributed by atoms with E-state index in [0.29, 0.717) is 24.4 Å². The van der Waals surface area contributed by atoms with Gasteiger partial charge in [-0.3, -0.25) is 4.79 Å². The first-order chi connectivity index (χ1) is 9.55. The molecule has 0 aliphatic carbocycles. The highest BCUT2D eigenvalue weighted by Crippen LogP contribution is 2.27. The van der Waals surface area contributed by atoms with Gasteiger partial charge in [0.25, 0.3) is 5.91 Å². The molecule has 5 heteroatoms. The fourth-order valence-electron chi connectivity index (χ4n) is 2.49. The van der Waals surface area contributed by atoms with Gasteiger partial charge in [-0.25, -0.2) is 0 Å². The highest BCUT2D eigenvalue weighted by atomic mass is 32.2. The third kappa shape index (κ3) is 3.27. The van der Waals surface area contributed by atoms with Gasteiger partial charge < -0.3 is 14.4 Å². The minimum Gasteiger partial charge on any atom is -0.496 e. The smallest absolute Gasteiger partial charge is 0.257 e. The molecule has 0 spiro atoms. The van der Waals surface area contributed by atoms with Crippen LogP contribution in [0.4, 0.5) is 0 Å². The van der Waals surface area contributed by atoms with Crippen molar-refractivity contribution in [3.8, 4) is 5.75 Å². The van der Waals surface area contributed by atoms with Crippen molar-refractivity contribution in [3.05, 3.63) is 23.8 Å². The van der Waals surface area contributed by atoms with Crippen molar-refractivity contribution >= 4 is 17.7 Å². The average Bonchev–Trinajstić information content (AvgIpc) is 2.44. The van der Waals surface area contributed by atoms with Crippen molar-refractivity contribution in [2.75, 3.05) is 26.5 Å². The monoisotopic (exact) mass is 295 g/mol. The summed E-state index contributed by atoms with van der Waals surface area (Å²) in [4.78, 5) is 15.6. The van der Waals surface area contributed by atoms with Gasteiger partial charge in [0.2, 0.25) is 0 Å². The summed E-state index contributed by atoms with van der Waals surface area (Å²) in [6.45, 7) is 5.22. The van der Waals surface area contributed by atoms with E-state index in [0.717, 1.165) is 4.90 Å². The SMILES string of the molecule is COc1cc(SC)ccc1C(=O)N1C[C@H](C)O[C@@H](C)C1. The quantitative estimate of drug-likeness (QED) is 0.804. The van der Waals surface area contributed by atoms with Gasteiger partial charge in [-0.05, 0) is 38.3 Å². The summed E-state index contributed by atoms with van der Waals surface area (Å²) in [6.07, 6.45) is 2.14.